The molecule has 110 valence electrons. The lowest BCUT2D eigenvalue weighted by atomic mass is 10.2. The van der Waals surface area contributed by atoms with Crippen molar-refractivity contribution < 1.29 is 14.3 Å². The highest BCUT2D eigenvalue weighted by atomic mass is 35.5. The molecule has 1 N–H and O–H groups in total. The number of anilines is 1. The third-order valence-corrected chi connectivity index (χ3v) is 2.63. The monoisotopic (exact) mass is 327 g/mol. The van der Waals surface area contributed by atoms with Crippen LogP contribution in [0.5, 0.6) is 0 Å². The Labute approximate surface area is 131 Å². The Morgan fingerprint density at radius 1 is 1.05 bits per heavy atom. The predicted octanol–water partition coefficient (Wildman–Crippen LogP) is 2.59. The maximum absolute atomic E-state index is 11.7. The van der Waals surface area contributed by atoms with Crippen LogP contribution >= 0.6 is 24.0 Å². The maximum atomic E-state index is 11.7. The molecule has 0 aromatic carbocycles. The minimum atomic E-state index is -0.795. The van der Waals surface area contributed by atoms with Crippen molar-refractivity contribution in [2.24, 2.45) is 0 Å². The molecule has 0 unspecified atom stereocenters. The summed E-state index contributed by atoms with van der Waals surface area (Å²) in [6, 6.07) is 5.97. The Kier molecular flexibility index (Phi) is 6.08. The third-order valence-electron chi connectivity index (χ3n) is 2.40. The number of hydrogen-bond acceptors (Lipinski definition) is 6. The van der Waals surface area contributed by atoms with Gasteiger partial charge in [0.2, 0.25) is 0 Å². The highest BCUT2D eigenvalue weighted by Gasteiger charge is 2.15. The van der Waals surface area contributed by atoms with Crippen LogP contribution in [-0.2, 0) is 4.74 Å². The van der Waals surface area contributed by atoms with Crippen LogP contribution in [0.2, 0.25) is 5.15 Å². The second-order valence-corrected chi connectivity index (χ2v) is 4.12. The predicted molar refractivity (Wildman–Crippen MR) is 80.0 cm³/mol. The fraction of sp³-hybridized carbons (Fsp3) is 0.0769. The molecular formula is C13H11Cl2N3O3. The molecule has 0 bridgehead atoms. The number of esters is 2. The lowest BCUT2D eigenvalue weighted by molar-refractivity contribution is 0.0397. The Morgan fingerprint density at radius 3 is 2.05 bits per heavy atom. The fourth-order valence-electron chi connectivity index (χ4n) is 1.36. The van der Waals surface area contributed by atoms with Crippen LogP contribution in [0, 0.1) is 0 Å². The van der Waals surface area contributed by atoms with E-state index in [1.807, 2.05) is 0 Å². The van der Waals surface area contributed by atoms with Crippen LogP contribution in [-0.4, -0.2) is 29.0 Å². The Morgan fingerprint density at radius 2 is 1.62 bits per heavy atom. The summed E-state index contributed by atoms with van der Waals surface area (Å²) >= 11 is 5.60. The first-order valence-corrected chi connectivity index (χ1v) is 6.00. The van der Waals surface area contributed by atoms with Gasteiger partial charge in [0, 0.05) is 19.4 Å². The maximum Gasteiger partial charge on any atom is 0.347 e. The summed E-state index contributed by atoms with van der Waals surface area (Å²) in [5, 5.41) is 3.06. The van der Waals surface area contributed by atoms with E-state index < -0.39 is 11.9 Å². The first-order valence-electron chi connectivity index (χ1n) is 5.62. The summed E-state index contributed by atoms with van der Waals surface area (Å²) in [4.78, 5) is 31.1. The summed E-state index contributed by atoms with van der Waals surface area (Å²) in [7, 11) is 1.71. The van der Waals surface area contributed by atoms with Gasteiger partial charge in [0.25, 0.3) is 0 Å². The van der Waals surface area contributed by atoms with Crippen molar-refractivity contribution in [1.82, 2.24) is 9.97 Å². The summed E-state index contributed by atoms with van der Waals surface area (Å²) in [6.45, 7) is 0. The molecule has 2 aromatic rings. The molecule has 2 heterocycles. The Hall–Kier alpha value is -2.18. The van der Waals surface area contributed by atoms with Crippen LogP contribution in [0.4, 0.5) is 5.82 Å². The molecule has 0 fully saturated rings. The van der Waals surface area contributed by atoms with Gasteiger partial charge in [0.15, 0.2) is 0 Å². The fourth-order valence-corrected chi connectivity index (χ4v) is 1.47. The van der Waals surface area contributed by atoms with Gasteiger partial charge in [0.05, 0.1) is 11.1 Å². The summed E-state index contributed by atoms with van der Waals surface area (Å²) in [6.07, 6.45) is 2.56. The van der Waals surface area contributed by atoms with Crippen molar-refractivity contribution in [2.45, 2.75) is 0 Å². The SMILES string of the molecule is CNc1ccc(C(=O)OC(=O)c2ccc(Cl)nc2)cn1.Cl. The Bertz CT molecular complexity index is 630. The molecule has 0 amide bonds. The van der Waals surface area contributed by atoms with Gasteiger partial charge in [0.1, 0.15) is 11.0 Å². The average Bonchev–Trinajstić information content (AvgIpc) is 2.48. The average molecular weight is 328 g/mol. The van der Waals surface area contributed by atoms with Crippen LogP contribution in [0.15, 0.2) is 36.7 Å². The molecule has 2 rings (SSSR count). The quantitative estimate of drug-likeness (QED) is 0.530. The van der Waals surface area contributed by atoms with Crippen LogP contribution in [0.1, 0.15) is 20.7 Å². The molecule has 0 saturated heterocycles. The number of nitrogens with zero attached hydrogens (tertiary/aromatic N) is 2. The van der Waals surface area contributed by atoms with E-state index in [-0.39, 0.29) is 28.7 Å². The standard InChI is InChI=1S/C13H10ClN3O3.ClH/c1-15-11-5-3-9(7-17-11)13(19)20-12(18)8-2-4-10(14)16-6-8;/h2-7H,1H3,(H,15,17);1H. The molecule has 0 aliphatic carbocycles. The van der Waals surface area contributed by atoms with Gasteiger partial charge in [-0.25, -0.2) is 19.6 Å². The number of pyridine rings is 2. The van der Waals surface area contributed by atoms with Crippen molar-refractivity contribution in [3.05, 3.63) is 52.9 Å². The highest BCUT2D eigenvalue weighted by molar-refractivity contribution is 6.29. The second kappa shape index (κ2) is 7.56. The number of ether oxygens (including phenoxy) is 1. The topological polar surface area (TPSA) is 81.2 Å². The lowest BCUT2D eigenvalue weighted by Gasteiger charge is -2.03. The van der Waals surface area contributed by atoms with E-state index in [1.54, 1.807) is 13.1 Å². The zero-order valence-corrected chi connectivity index (χ0v) is 12.4. The van der Waals surface area contributed by atoms with Crippen molar-refractivity contribution in [1.29, 1.82) is 0 Å². The summed E-state index contributed by atoms with van der Waals surface area (Å²) in [5.41, 5.74) is 0.321. The second-order valence-electron chi connectivity index (χ2n) is 3.73. The first kappa shape index (κ1) is 16.9. The number of carbonyl (C=O) groups excluding carboxylic acids is 2. The van der Waals surface area contributed by atoms with Crippen molar-refractivity contribution in [3.8, 4) is 0 Å². The molecule has 0 atom stereocenters. The number of carbonyl (C=O) groups is 2. The molecule has 2 aromatic heterocycles. The number of nitrogens with one attached hydrogen (secondary N) is 1. The van der Waals surface area contributed by atoms with E-state index >= 15 is 0 Å². The zero-order valence-electron chi connectivity index (χ0n) is 10.9. The number of rotatable bonds is 3. The van der Waals surface area contributed by atoms with Gasteiger partial charge in [-0.1, -0.05) is 11.6 Å². The van der Waals surface area contributed by atoms with Crippen molar-refractivity contribution >= 4 is 41.8 Å². The van der Waals surface area contributed by atoms with Crippen LogP contribution < -0.4 is 5.32 Å². The van der Waals surface area contributed by atoms with E-state index in [9.17, 15) is 9.59 Å². The summed E-state index contributed by atoms with van der Waals surface area (Å²) < 4.78 is 4.71. The van der Waals surface area contributed by atoms with Gasteiger partial charge < -0.3 is 10.1 Å². The molecule has 0 aliphatic rings. The molecule has 0 aliphatic heterocycles. The number of hydrogen-bond donors (Lipinski definition) is 1. The van der Waals surface area contributed by atoms with Crippen LogP contribution in [0.3, 0.4) is 0 Å². The van der Waals surface area contributed by atoms with Gasteiger partial charge in [-0.15, -0.1) is 12.4 Å². The lowest BCUT2D eigenvalue weighted by Crippen LogP contribution is -2.13. The minimum absolute atomic E-state index is 0. The molecule has 6 nitrogen and oxygen atoms in total. The largest absolute Gasteiger partial charge is 0.386 e. The molecule has 8 heteroatoms. The van der Waals surface area contributed by atoms with Crippen molar-refractivity contribution in [2.75, 3.05) is 12.4 Å². The van der Waals surface area contributed by atoms with Crippen LogP contribution in [0.25, 0.3) is 0 Å². The van der Waals surface area contributed by atoms with E-state index in [4.69, 9.17) is 16.3 Å². The smallest absolute Gasteiger partial charge is 0.347 e. The van der Waals surface area contributed by atoms with Crippen molar-refractivity contribution in [3.63, 3.8) is 0 Å². The van der Waals surface area contributed by atoms with Gasteiger partial charge >= 0.3 is 11.9 Å². The number of halogens is 2. The summed E-state index contributed by atoms with van der Waals surface area (Å²) in [5.74, 6) is -0.966. The van der Waals surface area contributed by atoms with E-state index in [0.29, 0.717) is 5.82 Å². The molecule has 21 heavy (non-hydrogen) atoms. The molecule has 0 saturated carbocycles. The van der Waals surface area contributed by atoms with Gasteiger partial charge in [-0.05, 0) is 24.3 Å². The normalized spacial score (nSPS) is 9.43. The third kappa shape index (κ3) is 4.40. The van der Waals surface area contributed by atoms with Gasteiger partial charge in [-0.2, -0.15) is 0 Å². The first-order chi connectivity index (χ1) is 9.60. The number of aromatic nitrogens is 2. The van der Waals surface area contributed by atoms with E-state index in [1.165, 1.54) is 30.6 Å². The molecular weight excluding hydrogens is 317 g/mol. The van der Waals surface area contributed by atoms with E-state index in [0.717, 1.165) is 0 Å². The zero-order chi connectivity index (χ0) is 14.5. The highest BCUT2D eigenvalue weighted by Crippen LogP contribution is 2.09. The minimum Gasteiger partial charge on any atom is -0.386 e. The van der Waals surface area contributed by atoms with E-state index in [2.05, 4.69) is 15.3 Å². The van der Waals surface area contributed by atoms with Gasteiger partial charge in [-0.3, -0.25) is 0 Å². The Balaban J connectivity index is 0.00000220. The molecule has 0 spiro atoms. The molecule has 0 radical (unpaired) electrons.